The lowest BCUT2D eigenvalue weighted by atomic mass is 10.2. The molecular formula is C27H41F3N8O3. The van der Waals surface area contributed by atoms with E-state index in [1.807, 2.05) is 20.9 Å². The fourth-order valence-electron chi connectivity index (χ4n) is 3.27. The molecule has 11 nitrogen and oxygen atoms in total. The van der Waals surface area contributed by atoms with Crippen molar-refractivity contribution in [2.24, 2.45) is 15.0 Å². The number of halogens is 3. The van der Waals surface area contributed by atoms with Crippen LogP contribution >= 0.6 is 0 Å². The average molecular weight is 583 g/mol. The first-order valence-electron chi connectivity index (χ1n) is 12.3. The van der Waals surface area contributed by atoms with Gasteiger partial charge in [-0.1, -0.05) is 7.43 Å². The maximum atomic E-state index is 11.9. The van der Waals surface area contributed by atoms with Crippen molar-refractivity contribution in [3.05, 3.63) is 52.4 Å². The van der Waals surface area contributed by atoms with Gasteiger partial charge in [0.25, 0.3) is 0 Å². The SMILES string of the molecule is C.CC1=NCC(C(=O)O)=C1.CNC(=O)C1=CC(C)=NC1.CNCC1=CC(C)=NC1.CNCc1cc(C(F)(F)F)n[nH]1. The number of aliphatic imine (C=N–C) groups is 3. The van der Waals surface area contributed by atoms with Crippen LogP contribution in [0.25, 0.3) is 0 Å². The summed E-state index contributed by atoms with van der Waals surface area (Å²) in [7, 11) is 5.22. The highest BCUT2D eigenvalue weighted by Crippen LogP contribution is 2.27. The van der Waals surface area contributed by atoms with E-state index in [1.165, 1.54) is 5.57 Å². The fraction of sp³-hybridized carbons (Fsp3) is 0.481. The van der Waals surface area contributed by atoms with E-state index in [-0.39, 0.29) is 13.3 Å². The lowest BCUT2D eigenvalue weighted by Crippen LogP contribution is -2.20. The highest BCUT2D eigenvalue weighted by molar-refractivity contribution is 6.06. The van der Waals surface area contributed by atoms with E-state index in [1.54, 1.807) is 33.2 Å². The van der Waals surface area contributed by atoms with Crippen LogP contribution in [-0.4, -0.2) is 91.6 Å². The molecule has 0 fully saturated rings. The van der Waals surface area contributed by atoms with Gasteiger partial charge in [0.1, 0.15) is 0 Å². The summed E-state index contributed by atoms with van der Waals surface area (Å²) in [4.78, 5) is 33.3. The molecule has 0 saturated carbocycles. The number of allylic oxidation sites excluding steroid dienone is 3. The van der Waals surface area contributed by atoms with Crippen LogP contribution < -0.4 is 16.0 Å². The van der Waals surface area contributed by atoms with Crippen molar-refractivity contribution in [1.82, 2.24) is 26.1 Å². The van der Waals surface area contributed by atoms with Gasteiger partial charge in [0.2, 0.25) is 5.91 Å². The second-order valence-electron chi connectivity index (χ2n) is 8.74. The molecule has 14 heteroatoms. The second-order valence-corrected chi connectivity index (χ2v) is 8.74. The number of amides is 1. The second kappa shape index (κ2) is 18.4. The summed E-state index contributed by atoms with van der Waals surface area (Å²) in [5.74, 6) is -0.892. The molecule has 1 aromatic rings. The molecule has 3 aliphatic rings. The van der Waals surface area contributed by atoms with Gasteiger partial charge < -0.3 is 21.1 Å². The molecule has 3 aliphatic heterocycles. The van der Waals surface area contributed by atoms with Crippen LogP contribution in [0, 0.1) is 0 Å². The monoisotopic (exact) mass is 582 g/mol. The molecule has 1 aromatic heterocycles. The summed E-state index contributed by atoms with van der Waals surface area (Å²) < 4.78 is 35.8. The lowest BCUT2D eigenvalue weighted by Gasteiger charge is -1.98. The topological polar surface area (TPSA) is 156 Å². The quantitative estimate of drug-likeness (QED) is 0.347. The van der Waals surface area contributed by atoms with Gasteiger partial charge in [-0.25, -0.2) is 4.79 Å². The molecule has 5 N–H and O–H groups in total. The number of carboxylic acids is 1. The molecular weight excluding hydrogens is 541 g/mol. The first-order chi connectivity index (χ1) is 18.8. The smallest absolute Gasteiger partial charge is 0.435 e. The molecule has 0 aromatic carbocycles. The largest absolute Gasteiger partial charge is 0.478 e. The molecule has 0 bridgehead atoms. The first-order valence-corrected chi connectivity index (χ1v) is 12.3. The zero-order valence-corrected chi connectivity index (χ0v) is 23.5. The van der Waals surface area contributed by atoms with Gasteiger partial charge in [-0.05, 0) is 64.7 Å². The molecule has 41 heavy (non-hydrogen) atoms. The summed E-state index contributed by atoms with van der Waals surface area (Å²) >= 11 is 0. The summed E-state index contributed by atoms with van der Waals surface area (Å²) in [6.07, 6.45) is 1.17. The number of alkyl halides is 3. The number of aromatic amines is 1. The van der Waals surface area contributed by atoms with E-state index in [9.17, 15) is 22.8 Å². The van der Waals surface area contributed by atoms with Gasteiger partial charge in [0, 0.05) is 48.5 Å². The number of nitrogens with one attached hydrogen (secondary N) is 4. The third-order valence-corrected chi connectivity index (χ3v) is 5.19. The number of aromatic nitrogens is 2. The maximum absolute atomic E-state index is 11.9. The molecule has 4 rings (SSSR count). The van der Waals surface area contributed by atoms with Crippen molar-refractivity contribution >= 4 is 29.0 Å². The predicted molar refractivity (Wildman–Crippen MR) is 157 cm³/mol. The van der Waals surface area contributed by atoms with Crippen molar-refractivity contribution in [2.45, 2.75) is 40.9 Å². The molecule has 0 spiro atoms. The first kappa shape index (κ1) is 37.1. The minimum atomic E-state index is -4.36. The van der Waals surface area contributed by atoms with Crippen molar-refractivity contribution < 1.29 is 27.9 Å². The number of hydrogen-bond donors (Lipinski definition) is 5. The Balaban J connectivity index is 0.000000520. The minimum absolute atomic E-state index is 0. The van der Waals surface area contributed by atoms with Crippen LogP contribution in [0.15, 0.2) is 56.0 Å². The maximum Gasteiger partial charge on any atom is 0.435 e. The summed E-state index contributed by atoms with van der Waals surface area (Å²) in [5, 5.41) is 22.1. The number of carboxylic acid groups (broad SMARTS) is 1. The van der Waals surface area contributed by atoms with Gasteiger partial charge in [0.15, 0.2) is 5.69 Å². The number of carbonyl (C=O) groups excluding carboxylic acids is 1. The Morgan fingerprint density at radius 2 is 1.39 bits per heavy atom. The molecule has 0 aliphatic carbocycles. The number of hydrogen-bond acceptors (Lipinski definition) is 8. The molecule has 0 radical (unpaired) electrons. The fourth-order valence-corrected chi connectivity index (χ4v) is 3.27. The van der Waals surface area contributed by atoms with E-state index < -0.39 is 17.8 Å². The van der Waals surface area contributed by atoms with Crippen LogP contribution in [0.5, 0.6) is 0 Å². The number of nitrogens with zero attached hydrogens (tertiary/aromatic N) is 4. The standard InChI is InChI=1S/C7H10N2O.C7H12N2.C6H8F3N3.C6H7NO2.CH4/c1-5-3-6(4-9-5)7(10)8-2;1-6-3-7(4-8-2)5-9-6;1-10-3-4-2-5(12-11-4)6(7,8)9;1-4-2-5(3-7-4)6(8)9;/h3H,4H2,1-2H3,(H,8,10);3,8H,4-5H2,1-2H3;2,10H,3H2,1H3,(H,11,12);2H,3H2,1H3,(H,8,9);1H4. The Morgan fingerprint density at radius 3 is 1.73 bits per heavy atom. The van der Waals surface area contributed by atoms with Crippen molar-refractivity contribution in [1.29, 1.82) is 0 Å². The Kier molecular flexibility index (Phi) is 16.7. The van der Waals surface area contributed by atoms with Crippen molar-refractivity contribution in [3.63, 3.8) is 0 Å². The number of H-pyrrole nitrogens is 1. The zero-order chi connectivity index (χ0) is 30.3. The van der Waals surface area contributed by atoms with Crippen molar-refractivity contribution in [2.75, 3.05) is 47.3 Å². The van der Waals surface area contributed by atoms with Gasteiger partial charge in [-0.2, -0.15) is 18.3 Å². The van der Waals surface area contributed by atoms with E-state index >= 15 is 0 Å². The Labute approximate surface area is 238 Å². The molecule has 1 amide bonds. The summed E-state index contributed by atoms with van der Waals surface area (Å²) in [6.45, 7) is 8.79. The normalized spacial score (nSPS) is 15.0. The van der Waals surface area contributed by atoms with E-state index in [0.29, 0.717) is 30.9 Å². The number of aliphatic carboxylic acids is 1. The number of likely N-dealkylation sites (N-methyl/N-ethyl adjacent to an activating group) is 2. The Hall–Kier alpha value is -3.91. The van der Waals surface area contributed by atoms with E-state index in [2.05, 4.69) is 47.2 Å². The van der Waals surface area contributed by atoms with Crippen LogP contribution in [0.3, 0.4) is 0 Å². The van der Waals surface area contributed by atoms with Crippen LogP contribution in [0.2, 0.25) is 0 Å². The van der Waals surface area contributed by atoms with Gasteiger partial charge in [0.05, 0.1) is 25.2 Å². The van der Waals surface area contributed by atoms with Crippen molar-refractivity contribution in [3.8, 4) is 0 Å². The van der Waals surface area contributed by atoms with Gasteiger partial charge >= 0.3 is 12.1 Å². The Morgan fingerprint density at radius 1 is 0.878 bits per heavy atom. The highest BCUT2D eigenvalue weighted by Gasteiger charge is 2.33. The minimum Gasteiger partial charge on any atom is -0.478 e. The molecule has 0 unspecified atom stereocenters. The number of rotatable bonds is 6. The average Bonchev–Trinajstić information content (AvgIpc) is 3.69. The van der Waals surface area contributed by atoms with Crippen LogP contribution in [-0.2, 0) is 22.3 Å². The Bertz CT molecular complexity index is 1210. The van der Waals surface area contributed by atoms with E-state index in [0.717, 1.165) is 41.9 Å². The van der Waals surface area contributed by atoms with Crippen LogP contribution in [0.1, 0.15) is 39.6 Å². The third-order valence-electron chi connectivity index (χ3n) is 5.19. The van der Waals surface area contributed by atoms with Crippen LogP contribution in [0.4, 0.5) is 13.2 Å². The third kappa shape index (κ3) is 14.3. The summed E-state index contributed by atoms with van der Waals surface area (Å²) in [5.41, 5.74) is 4.94. The summed E-state index contributed by atoms with van der Waals surface area (Å²) in [6, 6.07) is 0.983. The molecule has 0 saturated heterocycles. The molecule has 4 heterocycles. The molecule has 228 valence electrons. The highest BCUT2D eigenvalue weighted by atomic mass is 19.4. The number of carbonyl (C=O) groups is 2. The lowest BCUT2D eigenvalue weighted by molar-refractivity contribution is -0.141. The molecule has 0 atom stereocenters. The van der Waals surface area contributed by atoms with Gasteiger partial charge in [-0.3, -0.25) is 24.9 Å². The van der Waals surface area contributed by atoms with E-state index in [4.69, 9.17) is 5.11 Å². The predicted octanol–water partition coefficient (Wildman–Crippen LogP) is 3.00. The van der Waals surface area contributed by atoms with Gasteiger partial charge in [-0.15, -0.1) is 0 Å². The zero-order valence-electron chi connectivity index (χ0n) is 23.5.